The highest BCUT2D eigenvalue weighted by Crippen LogP contribution is 2.24. The van der Waals surface area contributed by atoms with Crippen LogP contribution in [0.25, 0.3) is 11.1 Å². The topological polar surface area (TPSA) is 93.4 Å². The van der Waals surface area contributed by atoms with Gasteiger partial charge in [0.1, 0.15) is 12.2 Å². The van der Waals surface area contributed by atoms with Crippen LogP contribution < -0.4 is 0 Å². The fraction of sp³-hybridized carbons (Fsp3) is 0.520. The molecule has 1 unspecified atom stereocenters. The second-order valence-corrected chi connectivity index (χ2v) is 8.36. The Morgan fingerprint density at radius 3 is 2.26 bits per heavy atom. The number of aliphatic hydroxyl groups is 4. The van der Waals surface area contributed by atoms with E-state index in [0.29, 0.717) is 13.2 Å². The van der Waals surface area contributed by atoms with Crippen LogP contribution in [0.4, 0.5) is 0 Å². The molecule has 0 amide bonds. The van der Waals surface area contributed by atoms with Gasteiger partial charge in [-0.3, -0.25) is 4.90 Å². The van der Waals surface area contributed by atoms with Crippen molar-refractivity contribution in [1.29, 1.82) is 0 Å². The van der Waals surface area contributed by atoms with Crippen LogP contribution in [0.15, 0.2) is 54.6 Å². The molecule has 1 aliphatic heterocycles. The Balaban J connectivity index is 1.36. The molecule has 2 aromatic rings. The van der Waals surface area contributed by atoms with Crippen LogP contribution in [0.2, 0.25) is 0 Å². The molecule has 4 N–H and O–H groups in total. The number of ether oxygens (including phenoxy) is 1. The lowest BCUT2D eigenvalue weighted by Gasteiger charge is -2.43. The molecule has 0 spiro atoms. The Morgan fingerprint density at radius 1 is 0.903 bits per heavy atom. The van der Waals surface area contributed by atoms with Gasteiger partial charge in [-0.05, 0) is 49.4 Å². The maximum absolute atomic E-state index is 10.0. The Morgan fingerprint density at radius 2 is 1.58 bits per heavy atom. The number of hydrogen-bond donors (Lipinski definition) is 4. The minimum absolute atomic E-state index is 0.0254. The summed E-state index contributed by atoms with van der Waals surface area (Å²) in [5.41, 5.74) is 3.55. The third-order valence-electron chi connectivity index (χ3n) is 6.16. The van der Waals surface area contributed by atoms with E-state index < -0.39 is 24.4 Å². The predicted molar refractivity (Wildman–Crippen MR) is 121 cm³/mol. The van der Waals surface area contributed by atoms with E-state index in [-0.39, 0.29) is 19.3 Å². The summed E-state index contributed by atoms with van der Waals surface area (Å²) in [5, 5.41) is 39.2. The number of aliphatic hydroxyl groups excluding tert-OH is 4. The van der Waals surface area contributed by atoms with Gasteiger partial charge in [-0.1, -0.05) is 54.6 Å². The van der Waals surface area contributed by atoms with Crippen molar-refractivity contribution in [2.45, 2.75) is 56.6 Å². The van der Waals surface area contributed by atoms with Crippen LogP contribution in [-0.2, 0) is 4.74 Å². The highest BCUT2D eigenvalue weighted by Gasteiger charge is 2.40. The maximum Gasteiger partial charge on any atom is 0.109 e. The van der Waals surface area contributed by atoms with Crippen molar-refractivity contribution in [2.24, 2.45) is 0 Å². The highest BCUT2D eigenvalue weighted by atomic mass is 16.5. The highest BCUT2D eigenvalue weighted by molar-refractivity contribution is 5.63. The van der Waals surface area contributed by atoms with Gasteiger partial charge in [0.05, 0.1) is 24.9 Å². The molecule has 1 fully saturated rings. The van der Waals surface area contributed by atoms with Crippen molar-refractivity contribution in [3.05, 3.63) is 60.2 Å². The van der Waals surface area contributed by atoms with Crippen molar-refractivity contribution in [3.8, 4) is 11.1 Å². The van der Waals surface area contributed by atoms with E-state index in [1.807, 2.05) is 23.1 Å². The molecule has 0 saturated carbocycles. The zero-order chi connectivity index (χ0) is 22.2. The largest absolute Gasteiger partial charge is 0.395 e. The minimum Gasteiger partial charge on any atom is -0.395 e. The lowest BCUT2D eigenvalue weighted by molar-refractivity contribution is -0.145. The molecule has 1 heterocycles. The number of benzene rings is 2. The van der Waals surface area contributed by atoms with Crippen LogP contribution in [0, 0.1) is 0 Å². The van der Waals surface area contributed by atoms with Gasteiger partial charge < -0.3 is 25.2 Å². The van der Waals surface area contributed by atoms with Gasteiger partial charge in [-0.2, -0.15) is 0 Å². The van der Waals surface area contributed by atoms with Crippen LogP contribution in [0.5, 0.6) is 0 Å². The Kier molecular flexibility index (Phi) is 9.02. The second-order valence-electron chi connectivity index (χ2n) is 8.36. The average molecular weight is 430 g/mol. The van der Waals surface area contributed by atoms with Gasteiger partial charge in [0, 0.05) is 13.2 Å². The van der Waals surface area contributed by atoms with Crippen molar-refractivity contribution < 1.29 is 25.2 Å². The SMILES string of the molecule is C[C@@H](OCCCCCN1C[C@H](O)C(O)[C@H](O)[C@@H]1CO)c1ccc(-c2ccccc2)cc1. The van der Waals surface area contributed by atoms with Crippen molar-refractivity contribution in [3.63, 3.8) is 0 Å². The molecule has 6 nitrogen and oxygen atoms in total. The fourth-order valence-corrected chi connectivity index (χ4v) is 4.16. The summed E-state index contributed by atoms with van der Waals surface area (Å²) >= 11 is 0. The third-order valence-corrected chi connectivity index (χ3v) is 6.16. The maximum atomic E-state index is 10.0. The monoisotopic (exact) mass is 429 g/mol. The first-order chi connectivity index (χ1) is 15.0. The lowest BCUT2D eigenvalue weighted by Crippen LogP contribution is -2.62. The fourth-order valence-electron chi connectivity index (χ4n) is 4.16. The Hall–Kier alpha value is -1.80. The summed E-state index contributed by atoms with van der Waals surface area (Å²) in [6.07, 6.45) is -0.569. The third kappa shape index (κ3) is 6.35. The van der Waals surface area contributed by atoms with Crippen molar-refractivity contribution in [2.75, 3.05) is 26.3 Å². The normalized spacial score (nSPS) is 25.5. The molecule has 0 aliphatic carbocycles. The molecule has 6 heteroatoms. The molecule has 3 rings (SSSR count). The van der Waals surface area contributed by atoms with Gasteiger partial charge in [-0.25, -0.2) is 0 Å². The summed E-state index contributed by atoms with van der Waals surface area (Å²) in [6.45, 7) is 3.40. The van der Waals surface area contributed by atoms with E-state index in [4.69, 9.17) is 4.74 Å². The van der Waals surface area contributed by atoms with E-state index in [1.54, 1.807) is 0 Å². The molecule has 0 bridgehead atoms. The molecule has 0 radical (unpaired) electrons. The van der Waals surface area contributed by atoms with Crippen LogP contribution in [-0.4, -0.2) is 76.0 Å². The first-order valence-corrected chi connectivity index (χ1v) is 11.2. The van der Waals surface area contributed by atoms with Crippen LogP contribution in [0.3, 0.4) is 0 Å². The molecular formula is C25H35NO5. The van der Waals surface area contributed by atoms with Crippen LogP contribution in [0.1, 0.15) is 37.9 Å². The lowest BCUT2D eigenvalue weighted by atomic mass is 9.94. The Bertz CT molecular complexity index is 769. The van der Waals surface area contributed by atoms with E-state index in [9.17, 15) is 20.4 Å². The van der Waals surface area contributed by atoms with Gasteiger partial charge in [0.2, 0.25) is 0 Å². The number of likely N-dealkylation sites (tertiary alicyclic amines) is 1. The van der Waals surface area contributed by atoms with Gasteiger partial charge >= 0.3 is 0 Å². The van der Waals surface area contributed by atoms with Gasteiger partial charge in [0.25, 0.3) is 0 Å². The standard InChI is InChI=1S/C25H35NO5/c1-18(19-10-12-21(13-11-19)20-8-4-2-5-9-20)31-15-7-3-6-14-26-16-23(28)25(30)24(29)22(26)17-27/h2,4-5,8-13,18,22-25,27-30H,3,6-7,14-17H2,1H3/t18-,22+,23+,24-,25?/m1/s1. The summed E-state index contributed by atoms with van der Waals surface area (Å²) in [7, 11) is 0. The molecular weight excluding hydrogens is 394 g/mol. The number of β-amino-alcohol motifs (C(OH)–C–C–N with tert-alkyl or cyclic N) is 1. The first kappa shape index (κ1) is 23.9. The molecule has 1 aliphatic rings. The molecule has 0 aromatic heterocycles. The smallest absolute Gasteiger partial charge is 0.109 e. The van der Waals surface area contributed by atoms with E-state index >= 15 is 0 Å². The van der Waals surface area contributed by atoms with Gasteiger partial charge in [-0.15, -0.1) is 0 Å². The predicted octanol–water partition coefficient (Wildman–Crippen LogP) is 2.36. The van der Waals surface area contributed by atoms with E-state index in [0.717, 1.165) is 24.8 Å². The molecule has 31 heavy (non-hydrogen) atoms. The second kappa shape index (κ2) is 11.7. The van der Waals surface area contributed by atoms with E-state index in [2.05, 4.69) is 43.3 Å². The molecule has 2 aromatic carbocycles. The zero-order valence-electron chi connectivity index (χ0n) is 18.2. The zero-order valence-corrected chi connectivity index (χ0v) is 18.2. The number of unbranched alkanes of at least 4 members (excludes halogenated alkanes) is 2. The van der Waals surface area contributed by atoms with Crippen LogP contribution >= 0.6 is 0 Å². The summed E-state index contributed by atoms with van der Waals surface area (Å²) in [4.78, 5) is 1.86. The Labute approximate surface area is 184 Å². The summed E-state index contributed by atoms with van der Waals surface area (Å²) in [6, 6.07) is 18.2. The minimum atomic E-state index is -1.20. The molecule has 1 saturated heterocycles. The quantitative estimate of drug-likeness (QED) is 0.433. The average Bonchev–Trinajstić information content (AvgIpc) is 2.80. The number of rotatable bonds is 10. The summed E-state index contributed by atoms with van der Waals surface area (Å²) < 4.78 is 5.99. The summed E-state index contributed by atoms with van der Waals surface area (Å²) in [5.74, 6) is 0. The van der Waals surface area contributed by atoms with Crippen molar-refractivity contribution >= 4 is 0 Å². The van der Waals surface area contributed by atoms with E-state index in [1.165, 1.54) is 11.1 Å². The number of piperidine rings is 1. The van der Waals surface area contributed by atoms with Gasteiger partial charge in [0.15, 0.2) is 0 Å². The number of nitrogens with zero attached hydrogens (tertiary/aromatic N) is 1. The molecule has 5 atom stereocenters. The first-order valence-electron chi connectivity index (χ1n) is 11.2. The number of hydrogen-bond acceptors (Lipinski definition) is 6. The molecule has 170 valence electrons. The van der Waals surface area contributed by atoms with Crippen molar-refractivity contribution in [1.82, 2.24) is 4.90 Å².